The van der Waals surface area contributed by atoms with Crippen LogP contribution in [0.4, 0.5) is 8.78 Å². The molecule has 4 nitrogen and oxygen atoms in total. The van der Waals surface area contributed by atoms with Gasteiger partial charge in [0.2, 0.25) is 0 Å². The number of rotatable bonds is 17. The number of nitrogens with zero attached hydrogens (tertiary/aromatic N) is 1. The smallest absolute Gasteiger partial charge is 0.184 e. The summed E-state index contributed by atoms with van der Waals surface area (Å²) in [6.45, 7) is 6.40. The molecule has 42 heavy (non-hydrogen) atoms. The summed E-state index contributed by atoms with van der Waals surface area (Å²) in [5.74, 6) is -0.0453. The fourth-order valence-electron chi connectivity index (χ4n) is 5.83. The van der Waals surface area contributed by atoms with Crippen LogP contribution in [0.2, 0.25) is 0 Å². The average molecular weight is 647 g/mol. The molecule has 0 fully saturated rings. The molecule has 0 N–H and O–H groups in total. The maximum absolute atomic E-state index is 14.1. The normalized spacial score (nSPS) is 12.7. The molecular formula is C35H46BrF2NO3. The maximum atomic E-state index is 14.1. The third-order valence-electron chi connectivity index (χ3n) is 8.07. The Kier molecular flexibility index (Phi) is 14.1. The van der Waals surface area contributed by atoms with Crippen molar-refractivity contribution in [2.75, 3.05) is 20.3 Å². The van der Waals surface area contributed by atoms with Crippen LogP contribution in [0, 0.1) is 11.6 Å². The Morgan fingerprint density at radius 3 is 2.26 bits per heavy atom. The standard InChI is InChI=1S/C35H46F2NO3.BrH/c1-4-6-8-10-11-13-20-41-35-28-17-19-38(24-26-15-16-31(36)32(37)22-26)33(14-12-9-7-5-2)30(28)23-29(34(35)39-3)27-18-21-40-25-27;/h15-16,18,21-23,25H,4-14,17,19-20,24H2,1-3H3;1H/q+1;/p-1. The summed E-state index contributed by atoms with van der Waals surface area (Å²) >= 11 is 0. The van der Waals surface area contributed by atoms with Gasteiger partial charge in [0.1, 0.15) is 6.54 Å². The van der Waals surface area contributed by atoms with Gasteiger partial charge in [-0.2, -0.15) is 0 Å². The van der Waals surface area contributed by atoms with Gasteiger partial charge in [0, 0.05) is 40.7 Å². The lowest BCUT2D eigenvalue weighted by Crippen LogP contribution is -3.00. The molecule has 0 spiro atoms. The minimum absolute atomic E-state index is 0. The van der Waals surface area contributed by atoms with Crippen LogP contribution in [0.5, 0.6) is 11.5 Å². The number of benzene rings is 2. The van der Waals surface area contributed by atoms with Crippen LogP contribution in [-0.4, -0.2) is 30.5 Å². The molecule has 3 aromatic rings. The zero-order valence-corrected chi connectivity index (χ0v) is 27.0. The van der Waals surface area contributed by atoms with Gasteiger partial charge >= 0.3 is 0 Å². The summed E-state index contributed by atoms with van der Waals surface area (Å²) < 4.78 is 48.1. The zero-order chi connectivity index (χ0) is 29.0. The summed E-state index contributed by atoms with van der Waals surface area (Å²) in [6, 6.07) is 8.38. The highest BCUT2D eigenvalue weighted by Gasteiger charge is 2.32. The van der Waals surface area contributed by atoms with Gasteiger partial charge in [-0.1, -0.05) is 65.2 Å². The zero-order valence-electron chi connectivity index (χ0n) is 25.5. The summed E-state index contributed by atoms with van der Waals surface area (Å²) in [6.07, 6.45) is 16.9. The second kappa shape index (κ2) is 17.4. The average Bonchev–Trinajstić information content (AvgIpc) is 3.52. The Hall–Kier alpha value is -2.67. The van der Waals surface area contributed by atoms with E-state index in [1.165, 1.54) is 61.9 Å². The largest absolute Gasteiger partial charge is 1.00 e. The van der Waals surface area contributed by atoms with Crippen LogP contribution in [0.15, 0.2) is 47.3 Å². The fraction of sp³-hybridized carbons (Fsp3) is 0.514. The highest BCUT2D eigenvalue weighted by molar-refractivity contribution is 6.01. The van der Waals surface area contributed by atoms with E-state index in [2.05, 4.69) is 24.5 Å². The molecule has 1 aliphatic heterocycles. The lowest BCUT2D eigenvalue weighted by molar-refractivity contribution is -0.545. The summed E-state index contributed by atoms with van der Waals surface area (Å²) in [7, 11) is 1.70. The molecule has 1 aliphatic rings. The molecule has 230 valence electrons. The first-order valence-electron chi connectivity index (χ1n) is 15.5. The molecule has 2 aromatic carbocycles. The molecule has 0 unspecified atom stereocenters. The molecular weight excluding hydrogens is 600 g/mol. The first-order valence-corrected chi connectivity index (χ1v) is 15.5. The maximum Gasteiger partial charge on any atom is 0.184 e. The summed E-state index contributed by atoms with van der Waals surface area (Å²) in [5.41, 5.74) is 6.21. The summed E-state index contributed by atoms with van der Waals surface area (Å²) in [5, 5.41) is 0. The Bertz CT molecular complexity index is 1290. The van der Waals surface area contributed by atoms with Crippen LogP contribution in [0.3, 0.4) is 0 Å². The number of hydrogen-bond donors (Lipinski definition) is 0. The van der Waals surface area contributed by atoms with Gasteiger partial charge in [-0.15, -0.1) is 0 Å². The molecule has 0 atom stereocenters. The lowest BCUT2D eigenvalue weighted by atomic mass is 9.88. The number of furan rings is 1. The molecule has 0 amide bonds. The molecule has 0 saturated heterocycles. The second-order valence-electron chi connectivity index (χ2n) is 11.1. The van der Waals surface area contributed by atoms with E-state index in [9.17, 15) is 8.78 Å². The van der Waals surface area contributed by atoms with Crippen molar-refractivity contribution in [3.8, 4) is 22.6 Å². The van der Waals surface area contributed by atoms with Crippen LogP contribution in [0.1, 0.15) is 101 Å². The predicted molar refractivity (Wildman–Crippen MR) is 161 cm³/mol. The monoisotopic (exact) mass is 645 g/mol. The van der Waals surface area contributed by atoms with E-state index in [1.54, 1.807) is 25.7 Å². The highest BCUT2D eigenvalue weighted by atomic mass is 79.9. The van der Waals surface area contributed by atoms with Crippen LogP contribution < -0.4 is 26.5 Å². The number of unbranched alkanes of at least 4 members (excludes halogenated alkanes) is 8. The van der Waals surface area contributed by atoms with Gasteiger partial charge in [-0.05, 0) is 43.2 Å². The molecule has 0 aliphatic carbocycles. The molecule has 0 saturated carbocycles. The van der Waals surface area contributed by atoms with Crippen LogP contribution >= 0.6 is 0 Å². The third kappa shape index (κ3) is 8.68. The topological polar surface area (TPSA) is 34.6 Å². The Labute approximate surface area is 260 Å². The minimum Gasteiger partial charge on any atom is -1.00 e. The molecule has 0 bridgehead atoms. The van der Waals surface area contributed by atoms with Gasteiger partial charge < -0.3 is 30.9 Å². The van der Waals surface area contributed by atoms with Crippen molar-refractivity contribution in [1.82, 2.24) is 0 Å². The lowest BCUT2D eigenvalue weighted by Gasteiger charge is -2.25. The molecule has 0 radical (unpaired) electrons. The second-order valence-corrected chi connectivity index (χ2v) is 11.1. The van der Waals surface area contributed by atoms with Crippen molar-refractivity contribution < 1.29 is 44.2 Å². The fourth-order valence-corrected chi connectivity index (χ4v) is 5.83. The number of methoxy groups -OCH3 is 1. The first-order chi connectivity index (χ1) is 20.1. The van der Waals surface area contributed by atoms with E-state index in [0.29, 0.717) is 13.2 Å². The minimum atomic E-state index is -0.814. The van der Waals surface area contributed by atoms with Crippen molar-refractivity contribution in [2.45, 2.75) is 97.4 Å². The number of fused-ring (bicyclic) bond motifs is 1. The van der Waals surface area contributed by atoms with E-state index >= 15 is 0 Å². The molecule has 4 rings (SSSR count). The third-order valence-corrected chi connectivity index (χ3v) is 8.07. The molecule has 1 aromatic heterocycles. The van der Waals surface area contributed by atoms with E-state index in [1.807, 2.05) is 6.07 Å². The van der Waals surface area contributed by atoms with E-state index in [-0.39, 0.29) is 17.0 Å². The van der Waals surface area contributed by atoms with Crippen molar-refractivity contribution in [3.05, 3.63) is 71.2 Å². The number of ether oxygens (including phenoxy) is 2. The summed E-state index contributed by atoms with van der Waals surface area (Å²) in [4.78, 5) is 0. The first kappa shape index (κ1) is 33.8. The van der Waals surface area contributed by atoms with Gasteiger partial charge in [0.15, 0.2) is 35.4 Å². The van der Waals surface area contributed by atoms with Crippen LogP contribution in [-0.2, 0) is 13.0 Å². The Morgan fingerprint density at radius 1 is 0.833 bits per heavy atom. The van der Waals surface area contributed by atoms with Crippen molar-refractivity contribution in [3.63, 3.8) is 0 Å². The Morgan fingerprint density at radius 2 is 1.57 bits per heavy atom. The van der Waals surface area contributed by atoms with Gasteiger partial charge in [0.25, 0.3) is 0 Å². The quantitative estimate of drug-likeness (QED) is 0.124. The number of halogens is 3. The van der Waals surface area contributed by atoms with Gasteiger partial charge in [-0.25, -0.2) is 13.4 Å². The SMILES string of the molecule is CCCCCCCCOc1c2c(cc(-c3ccoc3)c1OC)C(CCCCCC)=[N+](Cc1ccc(F)c(F)c1)CC2.[Br-]. The van der Waals surface area contributed by atoms with Crippen molar-refractivity contribution >= 4 is 5.71 Å². The van der Waals surface area contributed by atoms with E-state index < -0.39 is 11.6 Å². The number of hydrogen-bond acceptors (Lipinski definition) is 3. The van der Waals surface area contributed by atoms with Crippen molar-refractivity contribution in [2.24, 2.45) is 0 Å². The highest BCUT2D eigenvalue weighted by Crippen LogP contribution is 2.44. The predicted octanol–water partition coefficient (Wildman–Crippen LogP) is 6.51. The van der Waals surface area contributed by atoms with Crippen molar-refractivity contribution in [1.29, 1.82) is 0 Å². The van der Waals surface area contributed by atoms with Gasteiger partial charge in [-0.3, -0.25) is 0 Å². The Balaban J connectivity index is 0.00000484. The van der Waals surface area contributed by atoms with E-state index in [0.717, 1.165) is 78.8 Å². The molecule has 7 heteroatoms. The molecule has 2 heterocycles. The van der Waals surface area contributed by atoms with Gasteiger partial charge in [0.05, 0.1) is 26.2 Å². The van der Waals surface area contributed by atoms with Crippen LogP contribution in [0.25, 0.3) is 11.1 Å². The van der Waals surface area contributed by atoms with E-state index in [4.69, 9.17) is 13.9 Å².